The Balaban J connectivity index is 0.00000400. The Hall–Kier alpha value is -3.74. The van der Waals surface area contributed by atoms with E-state index in [4.69, 9.17) is 21.4 Å². The number of ether oxygens (including phenoxy) is 2. The highest BCUT2D eigenvalue weighted by atomic mass is 35.5. The van der Waals surface area contributed by atoms with Crippen molar-refractivity contribution in [3.8, 4) is 17.2 Å². The van der Waals surface area contributed by atoms with E-state index in [2.05, 4.69) is 25.3 Å². The minimum atomic E-state index is -4.82. The highest BCUT2D eigenvalue weighted by Crippen LogP contribution is 2.35. The largest absolute Gasteiger partial charge is 0.573 e. The van der Waals surface area contributed by atoms with Gasteiger partial charge in [0.25, 0.3) is 0 Å². The maximum atomic E-state index is 12.5. The van der Waals surface area contributed by atoms with Crippen molar-refractivity contribution in [1.82, 2.24) is 19.9 Å². The lowest BCUT2D eigenvalue weighted by molar-refractivity contribution is -0.274. The van der Waals surface area contributed by atoms with Crippen molar-refractivity contribution in [1.29, 1.82) is 0 Å². The number of hydrogen-bond acceptors (Lipinski definition) is 7. The second-order valence-electron chi connectivity index (χ2n) is 7.68. The van der Waals surface area contributed by atoms with Crippen LogP contribution in [-0.2, 0) is 11.3 Å². The predicted molar refractivity (Wildman–Crippen MR) is 137 cm³/mol. The Morgan fingerprint density at radius 1 is 1.11 bits per heavy atom. The molecule has 0 fully saturated rings. The molecule has 2 heterocycles. The SMILES string of the molecule is Cl.O=C(CCO)NCCn1ccc2ncnc(Nc3ccc(Oc4cccc(OC(F)(F)F)c4)c(Cl)c3)c21. The van der Waals surface area contributed by atoms with Gasteiger partial charge in [0.2, 0.25) is 5.91 Å². The number of alkyl halides is 3. The van der Waals surface area contributed by atoms with Crippen molar-refractivity contribution in [3.05, 3.63) is 66.1 Å². The zero-order valence-corrected chi connectivity index (χ0v) is 21.1. The highest BCUT2D eigenvalue weighted by molar-refractivity contribution is 6.32. The van der Waals surface area contributed by atoms with Crippen molar-refractivity contribution in [2.75, 3.05) is 18.5 Å². The minimum Gasteiger partial charge on any atom is -0.456 e. The normalized spacial score (nSPS) is 11.1. The summed E-state index contributed by atoms with van der Waals surface area (Å²) in [5, 5.41) is 15.0. The maximum Gasteiger partial charge on any atom is 0.573 e. The van der Waals surface area contributed by atoms with Crippen LogP contribution in [-0.4, -0.2) is 45.1 Å². The number of benzene rings is 2. The second kappa shape index (κ2) is 12.7. The second-order valence-corrected chi connectivity index (χ2v) is 8.09. The topological polar surface area (TPSA) is 111 Å². The summed E-state index contributed by atoms with van der Waals surface area (Å²) >= 11 is 6.37. The molecular formula is C24H22Cl2F3N5O4. The standard InChI is InChI=1S/C24H21ClF3N5O4.ClH/c25-18-12-15(4-5-20(18)36-16-2-1-3-17(13-16)37-24(26,27)28)32-23-22-19(30-14-31-23)6-9-33(22)10-8-29-21(35)7-11-34;/h1-6,9,12-14,34H,7-8,10-11H2,(H,29,35)(H,30,31,32);1H. The monoisotopic (exact) mass is 571 g/mol. The molecule has 9 nitrogen and oxygen atoms in total. The van der Waals surface area contributed by atoms with Gasteiger partial charge < -0.3 is 29.8 Å². The number of fused-ring (bicyclic) bond motifs is 1. The van der Waals surface area contributed by atoms with Crippen molar-refractivity contribution in [2.24, 2.45) is 0 Å². The average molecular weight is 572 g/mol. The van der Waals surface area contributed by atoms with Gasteiger partial charge in [-0.3, -0.25) is 4.79 Å². The van der Waals surface area contributed by atoms with Crippen molar-refractivity contribution in [3.63, 3.8) is 0 Å². The van der Waals surface area contributed by atoms with E-state index in [1.54, 1.807) is 18.2 Å². The van der Waals surface area contributed by atoms with Crippen molar-refractivity contribution < 1.29 is 32.5 Å². The van der Waals surface area contributed by atoms with Crippen LogP contribution in [0.1, 0.15) is 6.42 Å². The van der Waals surface area contributed by atoms with Crippen molar-refractivity contribution >= 4 is 52.5 Å². The fourth-order valence-electron chi connectivity index (χ4n) is 3.48. The summed E-state index contributed by atoms with van der Waals surface area (Å²) in [5.74, 6) is 0.184. The Morgan fingerprint density at radius 2 is 1.89 bits per heavy atom. The predicted octanol–water partition coefficient (Wildman–Crippen LogP) is 5.44. The number of aromatic nitrogens is 3. The van der Waals surface area contributed by atoms with Gasteiger partial charge in [0.1, 0.15) is 29.1 Å². The summed E-state index contributed by atoms with van der Waals surface area (Å²) in [5.41, 5.74) is 1.97. The number of aliphatic hydroxyl groups excluding tert-OH is 1. The first-order valence-corrected chi connectivity index (χ1v) is 11.4. The molecule has 0 bridgehead atoms. The molecule has 1 amide bonds. The number of nitrogens with one attached hydrogen (secondary N) is 2. The van der Waals surface area contributed by atoms with Gasteiger partial charge in [-0.2, -0.15) is 0 Å². The molecule has 0 atom stereocenters. The van der Waals surface area contributed by atoms with Gasteiger partial charge in [-0.15, -0.1) is 25.6 Å². The first-order chi connectivity index (χ1) is 17.7. The molecule has 0 aliphatic carbocycles. The number of nitrogens with zero attached hydrogens (tertiary/aromatic N) is 3. The van der Waals surface area contributed by atoms with Crippen LogP contribution in [0.25, 0.3) is 11.0 Å². The van der Waals surface area contributed by atoms with Gasteiger partial charge in [-0.05, 0) is 36.4 Å². The summed E-state index contributed by atoms with van der Waals surface area (Å²) in [6.07, 6.45) is -1.55. The van der Waals surface area contributed by atoms with E-state index in [1.807, 2.05) is 16.8 Å². The van der Waals surface area contributed by atoms with Gasteiger partial charge in [-0.1, -0.05) is 17.7 Å². The highest BCUT2D eigenvalue weighted by Gasteiger charge is 2.31. The number of anilines is 2. The number of carbonyl (C=O) groups excluding carboxylic acids is 1. The molecule has 14 heteroatoms. The fourth-order valence-corrected chi connectivity index (χ4v) is 3.70. The number of amides is 1. The van der Waals surface area contributed by atoms with Crippen LogP contribution in [0.3, 0.4) is 0 Å². The molecule has 0 spiro atoms. The number of hydrogen-bond donors (Lipinski definition) is 3. The van der Waals surface area contributed by atoms with E-state index in [0.29, 0.717) is 35.6 Å². The quantitative estimate of drug-likeness (QED) is 0.232. The molecule has 38 heavy (non-hydrogen) atoms. The van der Waals surface area contributed by atoms with Crippen LogP contribution in [0.4, 0.5) is 24.7 Å². The van der Waals surface area contributed by atoms with E-state index in [1.165, 1.54) is 18.5 Å². The van der Waals surface area contributed by atoms with Crippen LogP contribution in [0, 0.1) is 0 Å². The van der Waals surface area contributed by atoms with Crippen LogP contribution < -0.4 is 20.1 Å². The summed E-state index contributed by atoms with van der Waals surface area (Å²) in [4.78, 5) is 20.2. The first kappa shape index (κ1) is 28.8. The van der Waals surface area contributed by atoms with Gasteiger partial charge in [0.05, 0.1) is 17.1 Å². The molecule has 0 saturated heterocycles. The van der Waals surface area contributed by atoms with Crippen LogP contribution in [0.15, 0.2) is 61.1 Å². The molecule has 0 aliphatic heterocycles. The molecule has 4 rings (SSSR count). The third-order valence-corrected chi connectivity index (χ3v) is 5.32. The lowest BCUT2D eigenvalue weighted by Crippen LogP contribution is -2.27. The van der Waals surface area contributed by atoms with E-state index >= 15 is 0 Å². The molecule has 4 aromatic rings. The smallest absolute Gasteiger partial charge is 0.456 e. The summed E-state index contributed by atoms with van der Waals surface area (Å²) in [6.45, 7) is 0.586. The van der Waals surface area contributed by atoms with Gasteiger partial charge >= 0.3 is 6.36 Å². The average Bonchev–Trinajstić information content (AvgIpc) is 3.24. The number of aliphatic hydroxyl groups is 1. The summed E-state index contributed by atoms with van der Waals surface area (Å²) < 4.78 is 48.9. The van der Waals surface area contributed by atoms with Gasteiger partial charge in [-0.25, -0.2) is 9.97 Å². The minimum absolute atomic E-state index is 0. The molecule has 0 unspecified atom stereocenters. The first-order valence-electron chi connectivity index (χ1n) is 11.0. The molecule has 202 valence electrons. The number of carbonyl (C=O) groups is 1. The summed E-state index contributed by atoms with van der Waals surface area (Å²) in [7, 11) is 0. The van der Waals surface area contributed by atoms with E-state index < -0.39 is 12.1 Å². The molecule has 2 aromatic heterocycles. The van der Waals surface area contributed by atoms with Crippen LogP contribution in [0.5, 0.6) is 17.2 Å². The Labute approximate surface area is 226 Å². The van der Waals surface area contributed by atoms with Crippen LogP contribution in [0.2, 0.25) is 5.02 Å². The zero-order valence-electron chi connectivity index (χ0n) is 19.5. The van der Waals surface area contributed by atoms with Gasteiger partial charge in [0.15, 0.2) is 5.82 Å². The molecular weight excluding hydrogens is 550 g/mol. The lowest BCUT2D eigenvalue weighted by atomic mass is 10.2. The molecule has 2 aromatic carbocycles. The molecule has 0 radical (unpaired) electrons. The van der Waals surface area contributed by atoms with Crippen LogP contribution >= 0.6 is 24.0 Å². The third kappa shape index (κ3) is 7.63. The molecule has 0 aliphatic rings. The Kier molecular flexibility index (Phi) is 9.61. The van der Waals surface area contributed by atoms with E-state index in [-0.39, 0.29) is 47.9 Å². The van der Waals surface area contributed by atoms with E-state index in [9.17, 15) is 18.0 Å². The fraction of sp³-hybridized carbons (Fsp3) is 0.208. The van der Waals surface area contributed by atoms with Gasteiger partial charge in [0, 0.05) is 37.5 Å². The third-order valence-electron chi connectivity index (χ3n) is 5.03. The number of halogens is 5. The zero-order chi connectivity index (χ0) is 26.4. The summed E-state index contributed by atoms with van der Waals surface area (Å²) in [6, 6.07) is 11.8. The van der Waals surface area contributed by atoms with Crippen molar-refractivity contribution in [2.45, 2.75) is 19.3 Å². The molecule has 3 N–H and O–H groups in total. The Bertz CT molecular complexity index is 1400. The molecule has 0 saturated carbocycles. The lowest BCUT2D eigenvalue weighted by Gasteiger charge is -2.13. The maximum absolute atomic E-state index is 12.5. The number of rotatable bonds is 10. The van der Waals surface area contributed by atoms with E-state index in [0.717, 1.165) is 12.1 Å². The Morgan fingerprint density at radius 3 is 2.63 bits per heavy atom.